The number of aryl methyl sites for hydroxylation is 1. The molecule has 0 aliphatic carbocycles. The predicted molar refractivity (Wildman–Crippen MR) is 78.0 cm³/mol. The average molecular weight is 278 g/mol. The van der Waals surface area contributed by atoms with Crippen LogP contribution in [0.25, 0.3) is 33.5 Å². The van der Waals surface area contributed by atoms with Crippen molar-refractivity contribution in [1.82, 2.24) is 9.97 Å². The van der Waals surface area contributed by atoms with E-state index in [0.717, 1.165) is 16.5 Å². The van der Waals surface area contributed by atoms with Gasteiger partial charge >= 0.3 is 5.63 Å². The van der Waals surface area contributed by atoms with Crippen molar-refractivity contribution in [3.63, 3.8) is 0 Å². The summed E-state index contributed by atoms with van der Waals surface area (Å²) < 4.78 is 11.1. The van der Waals surface area contributed by atoms with Gasteiger partial charge < -0.3 is 8.83 Å². The lowest BCUT2D eigenvalue weighted by molar-refractivity contribution is 0.547. The molecule has 3 heterocycles. The molecule has 0 unspecified atom stereocenters. The van der Waals surface area contributed by atoms with Gasteiger partial charge in [-0.1, -0.05) is 0 Å². The van der Waals surface area contributed by atoms with Gasteiger partial charge in [0.1, 0.15) is 5.52 Å². The Bertz CT molecular complexity index is 1020. The lowest BCUT2D eigenvalue weighted by Gasteiger charge is -1.99. The lowest BCUT2D eigenvalue weighted by atomic mass is 10.1. The topological polar surface area (TPSA) is 69.1 Å². The predicted octanol–water partition coefficient (Wildman–Crippen LogP) is 3.30. The van der Waals surface area contributed by atoms with Crippen molar-refractivity contribution in [2.75, 3.05) is 0 Å². The van der Waals surface area contributed by atoms with Crippen LogP contribution < -0.4 is 5.63 Å². The highest BCUT2D eigenvalue weighted by Crippen LogP contribution is 2.30. The first-order chi connectivity index (χ1) is 10.2. The number of rotatable bonds is 1. The molecular weight excluding hydrogens is 268 g/mol. The minimum Gasteiger partial charge on any atom is -0.432 e. The Morgan fingerprint density at radius 3 is 2.62 bits per heavy atom. The molecule has 0 saturated carbocycles. The summed E-state index contributed by atoms with van der Waals surface area (Å²) in [5.41, 5.74) is 2.86. The van der Waals surface area contributed by atoms with E-state index in [1.165, 1.54) is 6.07 Å². The second-order valence-corrected chi connectivity index (χ2v) is 4.79. The van der Waals surface area contributed by atoms with Crippen LogP contribution in [0.15, 0.2) is 56.4 Å². The first-order valence-electron chi connectivity index (χ1n) is 6.47. The molecule has 0 aliphatic heterocycles. The number of hydrogen-bond donors (Lipinski definition) is 0. The van der Waals surface area contributed by atoms with Crippen molar-refractivity contribution in [3.05, 3.63) is 58.7 Å². The van der Waals surface area contributed by atoms with Crippen molar-refractivity contribution in [1.29, 1.82) is 0 Å². The Kier molecular flexibility index (Phi) is 2.41. The van der Waals surface area contributed by atoms with E-state index in [9.17, 15) is 4.79 Å². The molecule has 102 valence electrons. The van der Waals surface area contributed by atoms with Crippen molar-refractivity contribution < 1.29 is 8.83 Å². The summed E-state index contributed by atoms with van der Waals surface area (Å²) in [5, 5.41) is 0.847. The molecule has 4 rings (SSSR count). The number of pyridine rings is 1. The van der Waals surface area contributed by atoms with Crippen LogP contribution in [-0.4, -0.2) is 9.97 Å². The van der Waals surface area contributed by atoms with E-state index in [0.29, 0.717) is 22.6 Å². The monoisotopic (exact) mass is 278 g/mol. The van der Waals surface area contributed by atoms with Gasteiger partial charge in [-0.05, 0) is 36.8 Å². The highest BCUT2D eigenvalue weighted by molar-refractivity contribution is 6.00. The molecule has 0 saturated heterocycles. The molecule has 0 amide bonds. The fourth-order valence-corrected chi connectivity index (χ4v) is 2.38. The van der Waals surface area contributed by atoms with Crippen LogP contribution in [0.4, 0.5) is 0 Å². The Hall–Kier alpha value is -2.95. The van der Waals surface area contributed by atoms with Gasteiger partial charge in [-0.15, -0.1) is 0 Å². The van der Waals surface area contributed by atoms with Gasteiger partial charge in [-0.3, -0.25) is 4.98 Å². The molecule has 0 atom stereocenters. The molecular formula is C16H10N2O3. The van der Waals surface area contributed by atoms with Crippen LogP contribution in [0.5, 0.6) is 0 Å². The molecule has 5 nitrogen and oxygen atoms in total. The smallest absolute Gasteiger partial charge is 0.336 e. The van der Waals surface area contributed by atoms with Crippen LogP contribution in [0.3, 0.4) is 0 Å². The number of nitrogens with zero attached hydrogens (tertiary/aromatic N) is 2. The first-order valence-corrected chi connectivity index (χ1v) is 6.47. The molecule has 0 aliphatic rings. The molecule has 0 N–H and O–H groups in total. The van der Waals surface area contributed by atoms with E-state index in [1.54, 1.807) is 12.4 Å². The number of hydrogen-bond acceptors (Lipinski definition) is 5. The largest absolute Gasteiger partial charge is 0.432 e. The molecule has 1 aromatic carbocycles. The zero-order valence-electron chi connectivity index (χ0n) is 11.2. The van der Waals surface area contributed by atoms with Crippen LogP contribution in [0.2, 0.25) is 0 Å². The highest BCUT2D eigenvalue weighted by Gasteiger charge is 2.14. The number of fused-ring (bicyclic) bond motifs is 3. The normalized spacial score (nSPS) is 11.3. The van der Waals surface area contributed by atoms with E-state index in [1.807, 2.05) is 31.2 Å². The van der Waals surface area contributed by atoms with Gasteiger partial charge in [0.2, 0.25) is 5.89 Å². The summed E-state index contributed by atoms with van der Waals surface area (Å²) in [6.07, 6.45) is 3.35. The van der Waals surface area contributed by atoms with Gasteiger partial charge in [-0.25, -0.2) is 9.78 Å². The van der Waals surface area contributed by atoms with Gasteiger partial charge in [0.05, 0.1) is 0 Å². The van der Waals surface area contributed by atoms with E-state index >= 15 is 0 Å². The Morgan fingerprint density at radius 2 is 1.81 bits per heavy atom. The minimum atomic E-state index is -0.394. The standard InChI is InChI=1S/C16H10N2O3/c1-9-8-13(19)20-14-11(9)2-3-12-15(14)21-16(18-12)10-4-6-17-7-5-10/h2-8H,1H3. The molecule has 0 radical (unpaired) electrons. The SMILES string of the molecule is Cc1cc(=O)oc2c1ccc1nc(-c3ccncc3)oc12. The molecule has 3 aromatic heterocycles. The second kappa shape index (κ2) is 4.28. The number of oxazole rings is 1. The maximum absolute atomic E-state index is 11.6. The van der Waals surface area contributed by atoms with Gasteiger partial charge in [0.25, 0.3) is 0 Å². The third kappa shape index (κ3) is 1.82. The molecule has 0 spiro atoms. The van der Waals surface area contributed by atoms with Gasteiger partial charge in [0, 0.05) is 29.4 Å². The van der Waals surface area contributed by atoms with E-state index in [4.69, 9.17) is 8.83 Å². The third-order valence-corrected chi connectivity index (χ3v) is 3.40. The summed E-state index contributed by atoms with van der Waals surface area (Å²) in [6, 6.07) is 8.84. The maximum Gasteiger partial charge on any atom is 0.336 e. The fourth-order valence-electron chi connectivity index (χ4n) is 2.38. The van der Waals surface area contributed by atoms with Gasteiger partial charge in [-0.2, -0.15) is 0 Å². The summed E-state index contributed by atoms with van der Waals surface area (Å²) in [7, 11) is 0. The second-order valence-electron chi connectivity index (χ2n) is 4.79. The molecule has 21 heavy (non-hydrogen) atoms. The summed E-state index contributed by atoms with van der Waals surface area (Å²) in [6.45, 7) is 1.87. The third-order valence-electron chi connectivity index (χ3n) is 3.40. The average Bonchev–Trinajstić information content (AvgIpc) is 2.92. The number of benzene rings is 1. The van der Waals surface area contributed by atoms with E-state index in [2.05, 4.69) is 9.97 Å². The summed E-state index contributed by atoms with van der Waals surface area (Å²) >= 11 is 0. The Morgan fingerprint density at radius 1 is 1.00 bits per heavy atom. The highest BCUT2D eigenvalue weighted by atomic mass is 16.4. The van der Waals surface area contributed by atoms with Crippen LogP contribution >= 0.6 is 0 Å². The van der Waals surface area contributed by atoms with Crippen LogP contribution in [0, 0.1) is 6.92 Å². The number of aromatic nitrogens is 2. The van der Waals surface area contributed by atoms with Crippen molar-refractivity contribution in [2.24, 2.45) is 0 Å². The van der Waals surface area contributed by atoms with Crippen molar-refractivity contribution in [2.45, 2.75) is 6.92 Å². The Labute approximate surface area is 118 Å². The van der Waals surface area contributed by atoms with E-state index in [-0.39, 0.29) is 0 Å². The maximum atomic E-state index is 11.6. The minimum absolute atomic E-state index is 0.394. The first kappa shape index (κ1) is 11.8. The molecule has 5 heteroatoms. The summed E-state index contributed by atoms with van der Waals surface area (Å²) in [5.74, 6) is 0.476. The summed E-state index contributed by atoms with van der Waals surface area (Å²) in [4.78, 5) is 20.0. The zero-order chi connectivity index (χ0) is 14.4. The van der Waals surface area contributed by atoms with Crippen LogP contribution in [-0.2, 0) is 0 Å². The molecule has 4 aromatic rings. The van der Waals surface area contributed by atoms with Crippen molar-refractivity contribution in [3.8, 4) is 11.5 Å². The molecule has 0 fully saturated rings. The van der Waals surface area contributed by atoms with Crippen LogP contribution in [0.1, 0.15) is 5.56 Å². The fraction of sp³-hybridized carbons (Fsp3) is 0.0625. The quantitative estimate of drug-likeness (QED) is 0.500. The molecule has 0 bridgehead atoms. The Balaban J connectivity index is 2.08. The van der Waals surface area contributed by atoms with E-state index < -0.39 is 5.63 Å². The van der Waals surface area contributed by atoms with Gasteiger partial charge in [0.15, 0.2) is 11.2 Å². The zero-order valence-corrected chi connectivity index (χ0v) is 11.2. The lowest BCUT2D eigenvalue weighted by Crippen LogP contribution is -1.97. The van der Waals surface area contributed by atoms with Crippen molar-refractivity contribution >= 4 is 22.1 Å².